The Bertz CT molecular complexity index is 1320. The van der Waals surface area contributed by atoms with Crippen molar-refractivity contribution >= 4 is 40.3 Å². The Kier molecular flexibility index (Phi) is 5.83. The lowest BCUT2D eigenvalue weighted by atomic mass is 10.1. The molecular formula is C25H21FN4O2S. The number of hydrogen-bond acceptors (Lipinski definition) is 4. The van der Waals surface area contributed by atoms with Crippen molar-refractivity contribution in [3.8, 4) is 0 Å². The van der Waals surface area contributed by atoms with Gasteiger partial charge < -0.3 is 15.2 Å². The van der Waals surface area contributed by atoms with Crippen molar-refractivity contribution < 1.29 is 14.0 Å². The Morgan fingerprint density at radius 2 is 1.85 bits per heavy atom. The van der Waals surface area contributed by atoms with Gasteiger partial charge in [-0.15, -0.1) is 11.8 Å². The number of nitrogens with zero attached hydrogens (tertiary/aromatic N) is 2. The fraction of sp³-hybridized carbons (Fsp3) is 0.160. The summed E-state index contributed by atoms with van der Waals surface area (Å²) in [7, 11) is 0. The topological polar surface area (TPSA) is 76.0 Å². The predicted molar refractivity (Wildman–Crippen MR) is 126 cm³/mol. The number of rotatable bonds is 6. The molecule has 4 aromatic rings. The van der Waals surface area contributed by atoms with Gasteiger partial charge in [-0.05, 0) is 42.0 Å². The number of carbonyl (C=O) groups is 2. The Labute approximate surface area is 194 Å². The minimum absolute atomic E-state index is 0.0349. The van der Waals surface area contributed by atoms with Crippen molar-refractivity contribution in [3.05, 3.63) is 90.5 Å². The molecule has 8 heteroatoms. The lowest BCUT2D eigenvalue weighted by Gasteiger charge is -2.25. The highest BCUT2D eigenvalue weighted by molar-refractivity contribution is 8.01. The van der Waals surface area contributed by atoms with E-state index < -0.39 is 11.3 Å². The molecule has 1 aromatic heterocycles. The average molecular weight is 461 g/mol. The maximum absolute atomic E-state index is 13.5. The number of anilines is 1. The molecule has 5 rings (SSSR count). The number of thioether (sulfide) groups is 1. The fourth-order valence-corrected chi connectivity index (χ4v) is 5.04. The Morgan fingerprint density at radius 3 is 2.70 bits per heavy atom. The van der Waals surface area contributed by atoms with E-state index in [4.69, 9.17) is 0 Å². The third kappa shape index (κ3) is 4.61. The third-order valence-corrected chi connectivity index (χ3v) is 6.87. The molecule has 0 saturated heterocycles. The maximum atomic E-state index is 13.5. The van der Waals surface area contributed by atoms with Crippen LogP contribution in [-0.2, 0) is 16.1 Å². The van der Waals surface area contributed by atoms with E-state index in [1.807, 2.05) is 53.1 Å². The van der Waals surface area contributed by atoms with Gasteiger partial charge in [-0.25, -0.2) is 9.37 Å². The first-order valence-electron chi connectivity index (χ1n) is 10.6. The maximum Gasteiger partial charge on any atom is 0.238 e. The number of aromatic nitrogens is 2. The average Bonchev–Trinajstić information content (AvgIpc) is 3.22. The molecule has 6 nitrogen and oxygen atoms in total. The van der Waals surface area contributed by atoms with Crippen LogP contribution in [0.5, 0.6) is 0 Å². The van der Waals surface area contributed by atoms with Gasteiger partial charge in [0, 0.05) is 17.9 Å². The van der Waals surface area contributed by atoms with Gasteiger partial charge in [-0.3, -0.25) is 9.59 Å². The summed E-state index contributed by atoms with van der Waals surface area (Å²) >= 11 is 1.39. The molecule has 3 aromatic carbocycles. The highest BCUT2D eigenvalue weighted by Gasteiger charge is 2.29. The number of halogens is 1. The largest absolute Gasteiger partial charge is 0.347 e. The molecule has 0 aliphatic carbocycles. The molecule has 0 spiro atoms. The van der Waals surface area contributed by atoms with Crippen molar-refractivity contribution in [1.29, 1.82) is 0 Å². The van der Waals surface area contributed by atoms with Gasteiger partial charge in [0.2, 0.25) is 11.8 Å². The second kappa shape index (κ2) is 9.07. The summed E-state index contributed by atoms with van der Waals surface area (Å²) in [5.41, 5.74) is 3.34. The van der Waals surface area contributed by atoms with Crippen molar-refractivity contribution in [2.75, 3.05) is 5.32 Å². The zero-order valence-corrected chi connectivity index (χ0v) is 18.4. The van der Waals surface area contributed by atoms with Crippen LogP contribution in [0.25, 0.3) is 11.0 Å². The molecule has 2 atom stereocenters. The molecule has 0 fully saturated rings. The van der Waals surface area contributed by atoms with E-state index >= 15 is 0 Å². The number of amides is 2. The molecular weight excluding hydrogens is 439 g/mol. The first-order valence-corrected chi connectivity index (χ1v) is 11.5. The highest BCUT2D eigenvalue weighted by atomic mass is 32.2. The van der Waals surface area contributed by atoms with E-state index in [9.17, 15) is 14.0 Å². The number of carbonyl (C=O) groups excluding carboxylic acids is 2. The Morgan fingerprint density at radius 1 is 1.09 bits per heavy atom. The van der Waals surface area contributed by atoms with E-state index in [-0.39, 0.29) is 24.1 Å². The highest BCUT2D eigenvalue weighted by Crippen LogP contribution is 2.36. The number of nitrogens with one attached hydrogen (secondary N) is 2. The van der Waals surface area contributed by atoms with Gasteiger partial charge in [-0.1, -0.05) is 36.4 Å². The number of benzene rings is 3. The second-order valence-electron chi connectivity index (χ2n) is 7.85. The van der Waals surface area contributed by atoms with Gasteiger partial charge in [-0.2, -0.15) is 0 Å². The van der Waals surface area contributed by atoms with Crippen LogP contribution in [0.3, 0.4) is 0 Å². The molecule has 166 valence electrons. The summed E-state index contributed by atoms with van der Waals surface area (Å²) in [5, 5.41) is 5.39. The van der Waals surface area contributed by atoms with E-state index in [0.29, 0.717) is 6.54 Å². The molecule has 1 aliphatic heterocycles. The van der Waals surface area contributed by atoms with E-state index in [0.717, 1.165) is 27.2 Å². The molecule has 2 unspecified atom stereocenters. The molecule has 0 bridgehead atoms. The van der Waals surface area contributed by atoms with Gasteiger partial charge in [0.05, 0.1) is 34.3 Å². The van der Waals surface area contributed by atoms with Gasteiger partial charge in [0.25, 0.3) is 0 Å². The van der Waals surface area contributed by atoms with Crippen LogP contribution in [0.15, 0.2) is 84.0 Å². The minimum Gasteiger partial charge on any atom is -0.347 e. The zero-order valence-electron chi connectivity index (χ0n) is 17.6. The molecule has 2 N–H and O–H groups in total. The normalized spacial score (nSPS) is 16.2. The van der Waals surface area contributed by atoms with Crippen molar-refractivity contribution in [2.45, 2.75) is 29.2 Å². The van der Waals surface area contributed by atoms with Crippen LogP contribution in [0, 0.1) is 5.82 Å². The summed E-state index contributed by atoms with van der Waals surface area (Å²) in [6.45, 7) is 0.421. The lowest BCUT2D eigenvalue weighted by molar-refractivity contribution is -0.124. The smallest absolute Gasteiger partial charge is 0.238 e. The Hall–Kier alpha value is -3.65. The van der Waals surface area contributed by atoms with Crippen LogP contribution in [-0.4, -0.2) is 26.6 Å². The van der Waals surface area contributed by atoms with Crippen LogP contribution in [0.2, 0.25) is 0 Å². The van der Waals surface area contributed by atoms with Gasteiger partial charge >= 0.3 is 0 Å². The van der Waals surface area contributed by atoms with Crippen LogP contribution in [0.4, 0.5) is 10.1 Å². The summed E-state index contributed by atoms with van der Waals surface area (Å²) in [4.78, 5) is 30.9. The SMILES string of the molecule is O=C(CC1Sc2ccccc2NC1=O)NC(Cn1cnc2ccccc21)c1ccc(F)cc1. The fourth-order valence-electron chi connectivity index (χ4n) is 3.93. The van der Waals surface area contributed by atoms with Crippen molar-refractivity contribution in [2.24, 2.45) is 0 Å². The van der Waals surface area contributed by atoms with E-state index in [1.54, 1.807) is 18.5 Å². The molecule has 0 saturated carbocycles. The van der Waals surface area contributed by atoms with Gasteiger partial charge in [0.1, 0.15) is 5.82 Å². The number of imidazole rings is 1. The predicted octanol–water partition coefficient (Wildman–Crippen LogP) is 4.54. The number of hydrogen-bond donors (Lipinski definition) is 2. The van der Waals surface area contributed by atoms with Crippen molar-refractivity contribution in [3.63, 3.8) is 0 Å². The summed E-state index contributed by atoms with van der Waals surface area (Å²) in [6, 6.07) is 20.9. The van der Waals surface area contributed by atoms with Crippen LogP contribution >= 0.6 is 11.8 Å². The molecule has 33 heavy (non-hydrogen) atoms. The van der Waals surface area contributed by atoms with Crippen LogP contribution < -0.4 is 10.6 Å². The Balaban J connectivity index is 1.35. The molecule has 0 radical (unpaired) electrons. The van der Waals surface area contributed by atoms with Crippen LogP contribution in [0.1, 0.15) is 18.0 Å². The second-order valence-corrected chi connectivity index (χ2v) is 9.10. The van der Waals surface area contributed by atoms with E-state index in [1.165, 1.54) is 23.9 Å². The third-order valence-electron chi connectivity index (χ3n) is 5.59. The van der Waals surface area contributed by atoms with Crippen molar-refractivity contribution in [1.82, 2.24) is 14.9 Å². The molecule has 2 amide bonds. The quantitative estimate of drug-likeness (QED) is 0.443. The summed E-state index contributed by atoms with van der Waals surface area (Å²) in [5.74, 6) is -0.778. The zero-order chi connectivity index (χ0) is 22.8. The van der Waals surface area contributed by atoms with E-state index in [2.05, 4.69) is 15.6 Å². The molecule has 1 aliphatic rings. The number of fused-ring (bicyclic) bond motifs is 2. The monoisotopic (exact) mass is 460 g/mol. The first-order chi connectivity index (χ1) is 16.1. The lowest BCUT2D eigenvalue weighted by Crippen LogP contribution is -2.37. The summed E-state index contributed by atoms with van der Waals surface area (Å²) in [6.07, 6.45) is 1.77. The standard InChI is InChI=1S/C25H21FN4O2S/c26-17-11-9-16(10-12-17)20(14-30-15-27-18-5-1-3-7-21(18)30)28-24(31)13-23-25(32)29-19-6-2-4-8-22(19)33-23/h1-12,15,20,23H,13-14H2,(H,28,31)(H,29,32). The number of para-hydroxylation sites is 3. The first kappa shape index (κ1) is 21.2. The minimum atomic E-state index is -0.525. The molecule has 2 heterocycles. The summed E-state index contributed by atoms with van der Waals surface area (Å²) < 4.78 is 15.5. The van der Waals surface area contributed by atoms with Gasteiger partial charge in [0.15, 0.2) is 0 Å².